The van der Waals surface area contributed by atoms with Gasteiger partial charge < -0.3 is 0 Å². The first-order valence-electron chi connectivity index (χ1n) is 8.27. The van der Waals surface area contributed by atoms with Gasteiger partial charge in [-0.3, -0.25) is 0 Å². The van der Waals surface area contributed by atoms with Gasteiger partial charge in [0.1, 0.15) is 0 Å². The Morgan fingerprint density at radius 3 is 1.26 bits per heavy atom. The van der Waals surface area contributed by atoms with E-state index in [2.05, 4.69) is 86.7 Å². The quantitative estimate of drug-likeness (QED) is 0.525. The van der Waals surface area contributed by atoms with Gasteiger partial charge >= 0.3 is 100.0 Å². The van der Waals surface area contributed by atoms with Gasteiger partial charge in [0.05, 0.1) is 0 Å². The van der Waals surface area contributed by atoms with Crippen molar-refractivity contribution in [3.63, 3.8) is 0 Å². The zero-order chi connectivity index (χ0) is 16.3. The third kappa shape index (κ3) is 6.71. The molecule has 0 fully saturated rings. The molecule has 0 nitrogen and oxygen atoms in total. The molecule has 0 amide bonds. The summed E-state index contributed by atoms with van der Waals surface area (Å²) < 4.78 is 3.07. The second kappa shape index (κ2) is 10.4. The molecular formula is C22H26Pt. The minimum atomic E-state index is -0.0254. The van der Waals surface area contributed by atoms with Crippen LogP contribution in [0.1, 0.15) is 36.8 Å². The van der Waals surface area contributed by atoms with E-state index in [4.69, 9.17) is 0 Å². The summed E-state index contributed by atoms with van der Waals surface area (Å²) in [5.41, 5.74) is 2.85. The average molecular weight is 486 g/mol. The molecule has 0 aliphatic heterocycles. The Morgan fingerprint density at radius 1 is 0.565 bits per heavy atom. The second-order valence-electron chi connectivity index (χ2n) is 5.61. The van der Waals surface area contributed by atoms with Crippen molar-refractivity contribution in [3.05, 3.63) is 84.0 Å². The van der Waals surface area contributed by atoms with Gasteiger partial charge in [0, 0.05) is 0 Å². The summed E-state index contributed by atoms with van der Waals surface area (Å²) in [7, 11) is 0. The summed E-state index contributed by atoms with van der Waals surface area (Å²) in [5, 5.41) is 0. The molecule has 0 spiro atoms. The molecule has 0 aromatic heterocycles. The van der Waals surface area contributed by atoms with Crippen LogP contribution in [0.3, 0.4) is 0 Å². The van der Waals surface area contributed by atoms with Gasteiger partial charge in [-0.05, 0) is 25.7 Å². The number of aryl methyl sites for hydroxylation is 2. The van der Waals surface area contributed by atoms with Crippen molar-refractivity contribution in [3.8, 4) is 0 Å². The summed E-state index contributed by atoms with van der Waals surface area (Å²) in [6, 6.07) is 17.4. The van der Waals surface area contributed by atoms with Crippen LogP contribution in [0.4, 0.5) is 0 Å². The molecule has 1 heteroatoms. The maximum atomic E-state index is 2.27. The number of hydrogen-bond donors (Lipinski definition) is 0. The fourth-order valence-electron chi connectivity index (χ4n) is 2.21. The van der Waals surface area contributed by atoms with E-state index in [1.54, 1.807) is 0 Å². The second-order valence-corrected chi connectivity index (χ2v) is 8.62. The van der Waals surface area contributed by atoms with Crippen molar-refractivity contribution in [2.75, 3.05) is 0 Å². The van der Waals surface area contributed by atoms with E-state index < -0.39 is 0 Å². The van der Waals surface area contributed by atoms with Crippen LogP contribution in [0.15, 0.2) is 72.8 Å². The van der Waals surface area contributed by atoms with Crippen molar-refractivity contribution >= 4 is 7.91 Å². The fourth-order valence-corrected chi connectivity index (χ4v) is 4.96. The molecule has 1 aliphatic carbocycles. The molecule has 2 aromatic rings. The van der Waals surface area contributed by atoms with Gasteiger partial charge in [-0.15, -0.1) is 0 Å². The Labute approximate surface area is 149 Å². The van der Waals surface area contributed by atoms with Crippen LogP contribution in [-0.2, 0) is 18.6 Å². The van der Waals surface area contributed by atoms with E-state index in [9.17, 15) is 0 Å². The molecular weight excluding hydrogens is 459 g/mol. The predicted octanol–water partition coefficient (Wildman–Crippen LogP) is 5.01. The molecule has 124 valence electrons. The van der Waals surface area contributed by atoms with Crippen LogP contribution < -0.4 is 7.91 Å². The van der Waals surface area contributed by atoms with E-state index in [1.807, 2.05) is 0 Å². The molecule has 0 saturated heterocycles. The van der Waals surface area contributed by atoms with E-state index in [0.717, 1.165) is 0 Å². The van der Waals surface area contributed by atoms with E-state index in [-0.39, 0.29) is 18.6 Å². The summed E-state index contributed by atoms with van der Waals surface area (Å²) in [6.45, 7) is 4.40. The normalized spacial score (nSPS) is 13.8. The number of benzene rings is 2. The maximum absolute atomic E-state index is 2.27. The first kappa shape index (κ1) is 18.0. The van der Waals surface area contributed by atoms with Gasteiger partial charge in [-0.2, -0.15) is 0 Å². The van der Waals surface area contributed by atoms with Gasteiger partial charge in [0.25, 0.3) is 0 Å². The molecule has 0 N–H and O–H groups in total. The van der Waals surface area contributed by atoms with Crippen molar-refractivity contribution in [2.45, 2.75) is 39.5 Å². The Hall–Kier alpha value is -1.39. The van der Waals surface area contributed by atoms with Crippen molar-refractivity contribution in [2.24, 2.45) is 0 Å². The third-order valence-corrected chi connectivity index (χ3v) is 7.36. The van der Waals surface area contributed by atoms with Crippen LogP contribution in [0.25, 0.3) is 0 Å². The third-order valence-electron chi connectivity index (χ3n) is 3.59. The van der Waals surface area contributed by atoms with Crippen LogP contribution in [0, 0.1) is 13.8 Å². The van der Waals surface area contributed by atoms with Gasteiger partial charge in [-0.1, -0.05) is 24.3 Å². The standard InChI is InChI=1S/C8H12.2C7H7.Pt/c1-2-4-6-8-7-5-3-1;2*1-7-5-3-2-4-6-7;/h1-2,7-8H,3-6H2;2*2-5H,1H3;. The zero-order valence-electron chi connectivity index (χ0n) is 14.1. The van der Waals surface area contributed by atoms with Crippen LogP contribution >= 0.6 is 0 Å². The summed E-state index contributed by atoms with van der Waals surface area (Å²) in [4.78, 5) is 0. The molecule has 0 atom stereocenters. The van der Waals surface area contributed by atoms with E-state index in [1.165, 1.54) is 44.7 Å². The average Bonchev–Trinajstić information content (AvgIpc) is 2.52. The minimum absolute atomic E-state index is 0.0254. The Balaban J connectivity index is 0.000000203. The molecule has 2 aromatic carbocycles. The monoisotopic (exact) mass is 485 g/mol. The Bertz CT molecular complexity index is 583. The number of hydrogen-bond acceptors (Lipinski definition) is 0. The van der Waals surface area contributed by atoms with Gasteiger partial charge in [0.2, 0.25) is 0 Å². The van der Waals surface area contributed by atoms with Crippen molar-refractivity contribution < 1.29 is 18.6 Å². The van der Waals surface area contributed by atoms with Gasteiger partial charge in [0.15, 0.2) is 0 Å². The zero-order valence-corrected chi connectivity index (χ0v) is 16.3. The molecule has 0 radical (unpaired) electrons. The summed E-state index contributed by atoms with van der Waals surface area (Å²) in [6.07, 6.45) is 14.0. The van der Waals surface area contributed by atoms with Crippen molar-refractivity contribution in [1.29, 1.82) is 0 Å². The van der Waals surface area contributed by atoms with E-state index >= 15 is 0 Å². The van der Waals surface area contributed by atoms with Crippen molar-refractivity contribution in [1.82, 2.24) is 0 Å². The number of allylic oxidation sites excluding steroid dienone is 4. The molecule has 3 rings (SSSR count). The molecule has 0 heterocycles. The molecule has 0 unspecified atom stereocenters. The number of rotatable bonds is 2. The summed E-state index contributed by atoms with van der Waals surface area (Å²) in [5.74, 6) is 0. The van der Waals surface area contributed by atoms with Crippen LogP contribution in [-0.4, -0.2) is 0 Å². The summed E-state index contributed by atoms with van der Waals surface area (Å²) >= 11 is -0.0254. The van der Waals surface area contributed by atoms with E-state index in [0.29, 0.717) is 0 Å². The van der Waals surface area contributed by atoms with Crippen LogP contribution in [0.5, 0.6) is 0 Å². The topological polar surface area (TPSA) is 0 Å². The Kier molecular flexibility index (Phi) is 8.11. The Morgan fingerprint density at radius 2 is 0.913 bits per heavy atom. The predicted molar refractivity (Wildman–Crippen MR) is 98.4 cm³/mol. The van der Waals surface area contributed by atoms with Crippen LogP contribution in [0.2, 0.25) is 0 Å². The van der Waals surface area contributed by atoms with Gasteiger partial charge in [-0.25, -0.2) is 0 Å². The first-order chi connectivity index (χ1) is 11.3. The molecule has 0 bridgehead atoms. The molecule has 1 aliphatic rings. The first-order valence-corrected chi connectivity index (χ1v) is 10.5. The molecule has 23 heavy (non-hydrogen) atoms. The fraction of sp³-hybridized carbons (Fsp3) is 0.273. The SMILES string of the molecule is C1=CCCC=CCC1.Cc1cccc[c]1[Pt][c]1ccccc1C. The molecule has 0 saturated carbocycles.